The molecule has 0 saturated heterocycles. The van der Waals surface area contributed by atoms with Gasteiger partial charge in [-0.15, -0.1) is 0 Å². The third kappa shape index (κ3) is 4.26. The van der Waals surface area contributed by atoms with Crippen LogP contribution in [0.2, 0.25) is 0 Å². The van der Waals surface area contributed by atoms with E-state index in [1.54, 1.807) is 0 Å². The molecule has 1 heterocycles. The minimum atomic E-state index is -0.422. The zero-order valence-electron chi connectivity index (χ0n) is 9.86. The summed E-state index contributed by atoms with van der Waals surface area (Å²) in [4.78, 5) is 7.62. The van der Waals surface area contributed by atoms with Crippen molar-refractivity contribution in [1.29, 1.82) is 0 Å². The molecule has 0 aliphatic heterocycles. The molecular weight excluding hydrogens is 221 g/mol. The van der Waals surface area contributed by atoms with Crippen molar-refractivity contribution in [2.75, 3.05) is 18.5 Å². The molecule has 1 aromatic rings. The van der Waals surface area contributed by atoms with Crippen molar-refractivity contribution in [1.82, 2.24) is 9.97 Å². The first-order valence-electron chi connectivity index (χ1n) is 6.17. The third-order valence-corrected chi connectivity index (χ3v) is 2.91. The van der Waals surface area contributed by atoms with E-state index < -0.39 is 5.82 Å². The fraction of sp³-hybridized carbons (Fsp3) is 0.667. The number of nitrogens with one attached hydrogen (secondary N) is 1. The molecule has 94 valence electrons. The number of nitrogens with zero attached hydrogens (tertiary/aromatic N) is 2. The minimum absolute atomic E-state index is 0.416. The Bertz CT molecular complexity index is 325. The second-order valence-corrected chi connectivity index (χ2v) is 4.28. The smallest absolute Gasteiger partial charge is 0.222 e. The van der Waals surface area contributed by atoms with Crippen LogP contribution in [0, 0.1) is 5.82 Å². The standard InChI is InChI=1S/C12H18FN3O/c13-10-8-15-12(16-9-10)14-6-7-17-11-4-2-1-3-5-11/h8-9,11H,1-7H2,(H,14,15,16). The maximum Gasteiger partial charge on any atom is 0.222 e. The first kappa shape index (κ1) is 12.2. The first-order chi connectivity index (χ1) is 8.34. The molecule has 1 N–H and O–H groups in total. The Morgan fingerprint density at radius 2 is 1.94 bits per heavy atom. The van der Waals surface area contributed by atoms with Crippen LogP contribution in [0.25, 0.3) is 0 Å². The van der Waals surface area contributed by atoms with Gasteiger partial charge in [-0.05, 0) is 12.8 Å². The number of halogens is 1. The van der Waals surface area contributed by atoms with Crippen molar-refractivity contribution in [2.45, 2.75) is 38.2 Å². The lowest BCUT2D eigenvalue weighted by atomic mass is 9.98. The number of ether oxygens (including phenoxy) is 1. The van der Waals surface area contributed by atoms with E-state index in [4.69, 9.17) is 4.74 Å². The van der Waals surface area contributed by atoms with E-state index in [0.29, 0.717) is 25.2 Å². The molecule has 17 heavy (non-hydrogen) atoms. The molecule has 1 aromatic heterocycles. The van der Waals surface area contributed by atoms with Gasteiger partial charge in [-0.1, -0.05) is 19.3 Å². The molecule has 2 rings (SSSR count). The van der Waals surface area contributed by atoms with Gasteiger partial charge < -0.3 is 10.1 Å². The highest BCUT2D eigenvalue weighted by atomic mass is 19.1. The van der Waals surface area contributed by atoms with Gasteiger partial charge in [-0.2, -0.15) is 0 Å². The highest BCUT2D eigenvalue weighted by Crippen LogP contribution is 2.19. The Kier molecular flexibility index (Phi) is 4.67. The fourth-order valence-corrected chi connectivity index (χ4v) is 2.02. The van der Waals surface area contributed by atoms with Crippen LogP contribution in [0.1, 0.15) is 32.1 Å². The molecule has 1 fully saturated rings. The number of hydrogen-bond acceptors (Lipinski definition) is 4. The maximum absolute atomic E-state index is 12.5. The van der Waals surface area contributed by atoms with Crippen molar-refractivity contribution in [3.05, 3.63) is 18.2 Å². The van der Waals surface area contributed by atoms with E-state index >= 15 is 0 Å². The summed E-state index contributed by atoms with van der Waals surface area (Å²) >= 11 is 0. The molecule has 0 bridgehead atoms. The molecule has 1 aliphatic rings. The molecule has 5 heteroatoms. The summed E-state index contributed by atoms with van der Waals surface area (Å²) < 4.78 is 18.3. The highest BCUT2D eigenvalue weighted by Gasteiger charge is 2.12. The predicted molar refractivity (Wildman–Crippen MR) is 63.3 cm³/mol. The molecule has 0 unspecified atom stereocenters. The molecule has 1 saturated carbocycles. The van der Waals surface area contributed by atoms with Crippen LogP contribution in [0.5, 0.6) is 0 Å². The largest absolute Gasteiger partial charge is 0.376 e. The van der Waals surface area contributed by atoms with Crippen molar-refractivity contribution in [2.24, 2.45) is 0 Å². The van der Waals surface area contributed by atoms with E-state index in [2.05, 4.69) is 15.3 Å². The van der Waals surface area contributed by atoms with E-state index in [9.17, 15) is 4.39 Å². The van der Waals surface area contributed by atoms with Gasteiger partial charge in [-0.25, -0.2) is 14.4 Å². The van der Waals surface area contributed by atoms with E-state index in [1.807, 2.05) is 0 Å². The molecule has 0 radical (unpaired) electrons. The number of aromatic nitrogens is 2. The van der Waals surface area contributed by atoms with Crippen LogP contribution >= 0.6 is 0 Å². The van der Waals surface area contributed by atoms with Crippen LogP contribution < -0.4 is 5.32 Å². The third-order valence-electron chi connectivity index (χ3n) is 2.91. The fourth-order valence-electron chi connectivity index (χ4n) is 2.02. The van der Waals surface area contributed by atoms with Gasteiger partial charge in [0.25, 0.3) is 0 Å². The summed E-state index contributed by atoms with van der Waals surface area (Å²) in [7, 11) is 0. The molecule has 0 amide bonds. The minimum Gasteiger partial charge on any atom is -0.376 e. The lowest BCUT2D eigenvalue weighted by molar-refractivity contribution is 0.0347. The average Bonchev–Trinajstić information content (AvgIpc) is 2.38. The molecule has 1 aliphatic carbocycles. The van der Waals surface area contributed by atoms with Crippen molar-refractivity contribution >= 4 is 5.95 Å². The van der Waals surface area contributed by atoms with Crippen molar-refractivity contribution in [3.63, 3.8) is 0 Å². The summed E-state index contributed by atoms with van der Waals surface area (Å²) in [6, 6.07) is 0. The first-order valence-corrected chi connectivity index (χ1v) is 6.17. The quantitative estimate of drug-likeness (QED) is 0.801. The highest BCUT2D eigenvalue weighted by molar-refractivity contribution is 5.21. The van der Waals surface area contributed by atoms with Crippen LogP contribution in [-0.4, -0.2) is 29.2 Å². The SMILES string of the molecule is Fc1cnc(NCCOC2CCCCC2)nc1. The Morgan fingerprint density at radius 3 is 2.65 bits per heavy atom. The maximum atomic E-state index is 12.5. The van der Waals surface area contributed by atoms with E-state index in [1.165, 1.54) is 32.1 Å². The Balaban J connectivity index is 1.60. The lowest BCUT2D eigenvalue weighted by Crippen LogP contribution is -2.21. The number of anilines is 1. The Hall–Kier alpha value is -1.23. The lowest BCUT2D eigenvalue weighted by Gasteiger charge is -2.21. The number of hydrogen-bond donors (Lipinski definition) is 1. The number of rotatable bonds is 5. The summed E-state index contributed by atoms with van der Waals surface area (Å²) in [6.07, 6.45) is 8.95. The topological polar surface area (TPSA) is 47.0 Å². The normalized spacial score (nSPS) is 17.0. The Morgan fingerprint density at radius 1 is 1.24 bits per heavy atom. The van der Waals surface area contributed by atoms with E-state index in [-0.39, 0.29) is 0 Å². The molecule has 0 spiro atoms. The zero-order valence-corrected chi connectivity index (χ0v) is 9.86. The Labute approximate surface area is 101 Å². The van der Waals surface area contributed by atoms with Crippen molar-refractivity contribution in [3.8, 4) is 0 Å². The summed E-state index contributed by atoms with van der Waals surface area (Å²) in [5, 5.41) is 3.00. The van der Waals surface area contributed by atoms with Crippen molar-refractivity contribution < 1.29 is 9.13 Å². The monoisotopic (exact) mass is 239 g/mol. The average molecular weight is 239 g/mol. The molecule has 0 atom stereocenters. The summed E-state index contributed by atoms with van der Waals surface area (Å²) in [5.74, 6) is 0.0210. The molecule has 4 nitrogen and oxygen atoms in total. The van der Waals surface area contributed by atoms with Crippen LogP contribution in [0.15, 0.2) is 12.4 Å². The molecular formula is C12H18FN3O. The van der Waals surface area contributed by atoms with Gasteiger partial charge in [0.05, 0.1) is 25.1 Å². The second-order valence-electron chi connectivity index (χ2n) is 4.28. The predicted octanol–water partition coefficient (Wildman–Crippen LogP) is 2.38. The van der Waals surface area contributed by atoms with Gasteiger partial charge in [-0.3, -0.25) is 0 Å². The molecule has 0 aromatic carbocycles. The zero-order chi connectivity index (χ0) is 11.9. The van der Waals surface area contributed by atoms with E-state index in [0.717, 1.165) is 12.4 Å². The van der Waals surface area contributed by atoms with Gasteiger partial charge in [0.15, 0.2) is 5.82 Å². The van der Waals surface area contributed by atoms with Gasteiger partial charge in [0.1, 0.15) is 0 Å². The summed E-state index contributed by atoms with van der Waals surface area (Å²) in [5.41, 5.74) is 0. The second kappa shape index (κ2) is 6.49. The van der Waals surface area contributed by atoms with Gasteiger partial charge >= 0.3 is 0 Å². The summed E-state index contributed by atoms with van der Waals surface area (Å²) in [6.45, 7) is 1.30. The van der Waals surface area contributed by atoms with Gasteiger partial charge in [0.2, 0.25) is 5.95 Å². The van der Waals surface area contributed by atoms with Crippen LogP contribution in [0.4, 0.5) is 10.3 Å². The van der Waals surface area contributed by atoms with Gasteiger partial charge in [0, 0.05) is 6.54 Å². The van der Waals surface area contributed by atoms with Crippen LogP contribution in [-0.2, 0) is 4.74 Å². The van der Waals surface area contributed by atoms with Crippen LogP contribution in [0.3, 0.4) is 0 Å².